The van der Waals surface area contributed by atoms with Crippen LogP contribution >= 0.6 is 11.3 Å². The van der Waals surface area contributed by atoms with Gasteiger partial charge in [-0.15, -0.1) is 11.3 Å². The summed E-state index contributed by atoms with van der Waals surface area (Å²) in [4.78, 5) is 55.7. The first-order valence-electron chi connectivity index (χ1n) is 11.8. The Labute approximate surface area is 216 Å². The van der Waals surface area contributed by atoms with Gasteiger partial charge in [0, 0.05) is 24.0 Å². The standard InChI is InChI=1S/C27H26N4O5S/c1-16-8-10-18(11-9-16)28-23(33)15-30-26-24(19-12-13-29(17(2)32)14-22(19)37-26)25(34)31(27(30)35)20-6-4-5-7-21(20)36-3/h4-11H,12-15H2,1-3H3,(H,28,33). The van der Waals surface area contributed by atoms with E-state index in [4.69, 9.17) is 4.74 Å². The van der Waals surface area contributed by atoms with Gasteiger partial charge in [0.15, 0.2) is 0 Å². The molecule has 0 unspecified atom stereocenters. The fourth-order valence-electron chi connectivity index (χ4n) is 4.62. The summed E-state index contributed by atoms with van der Waals surface area (Å²) in [6.45, 7) is 4.03. The quantitative estimate of drug-likeness (QED) is 0.438. The molecule has 0 saturated heterocycles. The number of benzene rings is 2. The molecule has 2 aromatic heterocycles. The summed E-state index contributed by atoms with van der Waals surface area (Å²) < 4.78 is 7.85. The van der Waals surface area contributed by atoms with Crippen LogP contribution in [-0.4, -0.2) is 39.5 Å². The maximum Gasteiger partial charge on any atom is 0.337 e. The Morgan fingerprint density at radius 3 is 2.51 bits per heavy atom. The normalized spacial score (nSPS) is 12.9. The van der Waals surface area contributed by atoms with Crippen molar-refractivity contribution in [1.82, 2.24) is 14.0 Å². The van der Waals surface area contributed by atoms with Gasteiger partial charge < -0.3 is 15.0 Å². The summed E-state index contributed by atoms with van der Waals surface area (Å²) in [5, 5.41) is 3.23. The fourth-order valence-corrected chi connectivity index (χ4v) is 5.97. The Morgan fingerprint density at radius 2 is 1.81 bits per heavy atom. The summed E-state index contributed by atoms with van der Waals surface area (Å²) in [5.41, 5.74) is 1.69. The van der Waals surface area contributed by atoms with Crippen molar-refractivity contribution in [2.75, 3.05) is 19.0 Å². The van der Waals surface area contributed by atoms with Crippen molar-refractivity contribution in [3.63, 3.8) is 0 Å². The van der Waals surface area contributed by atoms with E-state index >= 15 is 0 Å². The number of fused-ring (bicyclic) bond motifs is 3. The number of para-hydroxylation sites is 2. The van der Waals surface area contributed by atoms with Crippen LogP contribution in [0.2, 0.25) is 0 Å². The molecule has 0 saturated carbocycles. The van der Waals surface area contributed by atoms with E-state index < -0.39 is 17.2 Å². The predicted octanol–water partition coefficient (Wildman–Crippen LogP) is 3.07. The molecule has 1 aliphatic heterocycles. The van der Waals surface area contributed by atoms with Gasteiger partial charge in [-0.2, -0.15) is 0 Å². The molecular formula is C27H26N4O5S. The highest BCUT2D eigenvalue weighted by atomic mass is 32.1. The predicted molar refractivity (Wildman–Crippen MR) is 143 cm³/mol. The van der Waals surface area contributed by atoms with Gasteiger partial charge >= 0.3 is 5.69 Å². The summed E-state index contributed by atoms with van der Waals surface area (Å²) in [6.07, 6.45) is 0.490. The van der Waals surface area contributed by atoms with Gasteiger partial charge in [0.1, 0.15) is 17.1 Å². The fraction of sp³-hybridized carbons (Fsp3) is 0.259. The van der Waals surface area contributed by atoms with E-state index in [1.165, 1.54) is 29.9 Å². The van der Waals surface area contributed by atoms with Gasteiger partial charge in [0.05, 0.1) is 24.7 Å². The number of carbonyl (C=O) groups is 2. The molecule has 0 bridgehead atoms. The largest absolute Gasteiger partial charge is 0.495 e. The van der Waals surface area contributed by atoms with Crippen LogP contribution in [0.5, 0.6) is 5.75 Å². The molecule has 0 atom stereocenters. The molecule has 2 aromatic carbocycles. The lowest BCUT2D eigenvalue weighted by Gasteiger charge is -2.25. The molecule has 4 aromatic rings. The van der Waals surface area contributed by atoms with Gasteiger partial charge in [0.25, 0.3) is 5.56 Å². The average molecular weight is 519 g/mol. The van der Waals surface area contributed by atoms with Gasteiger partial charge in [-0.1, -0.05) is 29.8 Å². The number of aryl methyl sites for hydroxylation is 1. The van der Waals surface area contributed by atoms with E-state index in [9.17, 15) is 19.2 Å². The minimum atomic E-state index is -0.636. The number of amides is 2. The molecule has 10 heteroatoms. The second-order valence-electron chi connectivity index (χ2n) is 8.97. The van der Waals surface area contributed by atoms with Crippen molar-refractivity contribution in [2.24, 2.45) is 0 Å². The van der Waals surface area contributed by atoms with Crippen molar-refractivity contribution in [2.45, 2.75) is 33.4 Å². The zero-order valence-corrected chi connectivity index (χ0v) is 21.6. The summed E-state index contributed by atoms with van der Waals surface area (Å²) in [6, 6.07) is 14.1. The molecule has 1 aliphatic rings. The number of nitrogens with zero attached hydrogens (tertiary/aromatic N) is 3. The molecule has 37 heavy (non-hydrogen) atoms. The van der Waals surface area contributed by atoms with Crippen LogP contribution in [0.3, 0.4) is 0 Å². The van der Waals surface area contributed by atoms with Crippen LogP contribution < -0.4 is 21.3 Å². The van der Waals surface area contributed by atoms with Crippen LogP contribution in [0.15, 0.2) is 58.1 Å². The number of methoxy groups -OCH3 is 1. The van der Waals surface area contributed by atoms with Crippen LogP contribution in [0.25, 0.3) is 15.9 Å². The first-order chi connectivity index (χ1) is 17.8. The van der Waals surface area contributed by atoms with Gasteiger partial charge in [-0.25, -0.2) is 9.36 Å². The van der Waals surface area contributed by atoms with E-state index in [1.807, 2.05) is 19.1 Å². The van der Waals surface area contributed by atoms with Crippen molar-refractivity contribution in [3.8, 4) is 11.4 Å². The highest BCUT2D eigenvalue weighted by molar-refractivity contribution is 7.18. The van der Waals surface area contributed by atoms with Crippen LogP contribution in [0.4, 0.5) is 5.69 Å². The molecule has 0 aliphatic carbocycles. The zero-order chi connectivity index (χ0) is 26.3. The summed E-state index contributed by atoms with van der Waals surface area (Å²) >= 11 is 1.28. The van der Waals surface area contributed by atoms with Crippen molar-refractivity contribution in [3.05, 3.63) is 85.4 Å². The summed E-state index contributed by atoms with van der Waals surface area (Å²) in [7, 11) is 1.47. The molecule has 3 heterocycles. The zero-order valence-electron chi connectivity index (χ0n) is 20.7. The first-order valence-corrected chi connectivity index (χ1v) is 12.7. The third kappa shape index (κ3) is 4.44. The Hall–Kier alpha value is -4.18. The molecule has 0 radical (unpaired) electrons. The monoisotopic (exact) mass is 518 g/mol. The smallest absolute Gasteiger partial charge is 0.337 e. The lowest BCUT2D eigenvalue weighted by atomic mass is 10.1. The Bertz CT molecular complexity index is 1650. The number of hydrogen-bond donors (Lipinski definition) is 1. The van der Waals surface area contributed by atoms with Crippen molar-refractivity contribution in [1.29, 1.82) is 0 Å². The number of carbonyl (C=O) groups excluding carboxylic acids is 2. The SMILES string of the molecule is COc1ccccc1-n1c(=O)c2c3c(sc2n(CC(=O)Nc2ccc(C)cc2)c1=O)CN(C(C)=O)CC3. The van der Waals surface area contributed by atoms with E-state index in [0.29, 0.717) is 46.9 Å². The maximum absolute atomic E-state index is 13.8. The van der Waals surface area contributed by atoms with E-state index in [2.05, 4.69) is 5.32 Å². The first kappa shape index (κ1) is 24.5. The van der Waals surface area contributed by atoms with E-state index in [-0.39, 0.29) is 12.5 Å². The lowest BCUT2D eigenvalue weighted by Crippen LogP contribution is -2.41. The van der Waals surface area contributed by atoms with E-state index in [1.54, 1.807) is 41.3 Å². The third-order valence-corrected chi connectivity index (χ3v) is 7.77. The maximum atomic E-state index is 13.8. The number of nitrogens with one attached hydrogen (secondary N) is 1. The number of anilines is 1. The molecule has 190 valence electrons. The van der Waals surface area contributed by atoms with Gasteiger partial charge in [-0.3, -0.25) is 19.0 Å². The molecule has 9 nitrogen and oxygen atoms in total. The highest BCUT2D eigenvalue weighted by Gasteiger charge is 2.28. The molecule has 0 fully saturated rings. The second kappa shape index (κ2) is 9.70. The van der Waals surface area contributed by atoms with Crippen LogP contribution in [0.1, 0.15) is 22.9 Å². The van der Waals surface area contributed by atoms with Crippen LogP contribution in [0, 0.1) is 6.92 Å². The second-order valence-corrected chi connectivity index (χ2v) is 10.1. The number of hydrogen-bond acceptors (Lipinski definition) is 6. The molecule has 5 rings (SSSR count). The Balaban J connectivity index is 1.69. The van der Waals surface area contributed by atoms with Gasteiger partial charge in [-0.05, 0) is 43.2 Å². The number of thiophene rings is 1. The Kier molecular flexibility index (Phi) is 6.43. The number of aromatic nitrogens is 2. The lowest BCUT2D eigenvalue weighted by molar-refractivity contribution is -0.129. The molecule has 1 N–H and O–H groups in total. The molecule has 0 spiro atoms. The topological polar surface area (TPSA) is 103 Å². The van der Waals surface area contributed by atoms with E-state index in [0.717, 1.165) is 20.6 Å². The summed E-state index contributed by atoms with van der Waals surface area (Å²) in [5.74, 6) is -0.0813. The number of rotatable bonds is 5. The van der Waals surface area contributed by atoms with Gasteiger partial charge in [0.2, 0.25) is 11.8 Å². The minimum absolute atomic E-state index is 0.0515. The number of ether oxygens (including phenoxy) is 1. The third-order valence-electron chi connectivity index (χ3n) is 6.53. The Morgan fingerprint density at radius 1 is 1.08 bits per heavy atom. The minimum Gasteiger partial charge on any atom is -0.495 e. The van der Waals surface area contributed by atoms with Crippen molar-refractivity contribution < 1.29 is 14.3 Å². The average Bonchev–Trinajstić information content (AvgIpc) is 3.27. The molecule has 2 amide bonds. The van der Waals surface area contributed by atoms with Crippen molar-refractivity contribution >= 4 is 39.1 Å². The molecular weight excluding hydrogens is 492 g/mol. The highest BCUT2D eigenvalue weighted by Crippen LogP contribution is 2.33. The van der Waals surface area contributed by atoms with Crippen LogP contribution in [-0.2, 0) is 29.1 Å².